The van der Waals surface area contributed by atoms with Crippen LogP contribution in [0.1, 0.15) is 25.7 Å². The molecule has 0 aliphatic carbocycles. The predicted octanol–water partition coefficient (Wildman–Crippen LogP) is 2.98. The largest absolute Gasteiger partial charge is 0.352 e. The van der Waals surface area contributed by atoms with Crippen molar-refractivity contribution in [2.24, 2.45) is 0 Å². The summed E-state index contributed by atoms with van der Waals surface area (Å²) in [6.07, 6.45) is 4.44. The number of aromatic nitrogens is 1. The number of nitrogens with zero attached hydrogens (tertiary/aromatic N) is 1. The summed E-state index contributed by atoms with van der Waals surface area (Å²) in [5.41, 5.74) is 1.64. The van der Waals surface area contributed by atoms with Gasteiger partial charge >= 0.3 is 0 Å². The minimum Gasteiger partial charge on any atom is -0.352 e. The summed E-state index contributed by atoms with van der Waals surface area (Å²) >= 11 is 0. The zero-order chi connectivity index (χ0) is 18.4. The first kappa shape index (κ1) is 19.0. The van der Waals surface area contributed by atoms with E-state index >= 15 is 0 Å². The molecule has 2 unspecified atom stereocenters. The summed E-state index contributed by atoms with van der Waals surface area (Å²) in [7, 11) is 0. The van der Waals surface area contributed by atoms with Crippen LogP contribution in [0.3, 0.4) is 0 Å². The zero-order valence-electron chi connectivity index (χ0n) is 15.6. The second kappa shape index (κ2) is 7.57. The van der Waals surface area contributed by atoms with Crippen molar-refractivity contribution in [3.63, 3.8) is 0 Å². The maximum atomic E-state index is 12.9. The van der Waals surface area contributed by atoms with Gasteiger partial charge in [-0.15, -0.1) is 12.4 Å². The molecule has 0 radical (unpaired) electrons. The van der Waals surface area contributed by atoms with Gasteiger partial charge in [0.1, 0.15) is 6.54 Å². The number of nitrogens with one attached hydrogen (secondary N) is 2. The molecule has 1 amide bonds. The van der Waals surface area contributed by atoms with Crippen molar-refractivity contribution in [1.29, 1.82) is 0 Å². The molecular weight excluding hydrogens is 374 g/mol. The van der Waals surface area contributed by atoms with Gasteiger partial charge in [-0.05, 0) is 49.9 Å². The molecule has 2 fully saturated rings. The van der Waals surface area contributed by atoms with Crippen LogP contribution in [-0.4, -0.2) is 28.6 Å². The monoisotopic (exact) mass is 397 g/mol. The highest BCUT2D eigenvalue weighted by molar-refractivity contribution is 5.94. The smallest absolute Gasteiger partial charge is 0.240 e. The lowest BCUT2D eigenvalue weighted by atomic mass is 10.00. The zero-order valence-corrected chi connectivity index (χ0v) is 16.4. The lowest BCUT2D eigenvalue weighted by Gasteiger charge is -2.30. The molecule has 146 valence electrons. The number of rotatable bonds is 3. The highest BCUT2D eigenvalue weighted by atomic mass is 35.5. The van der Waals surface area contributed by atoms with Crippen molar-refractivity contribution in [2.45, 2.75) is 50.4 Å². The van der Waals surface area contributed by atoms with E-state index in [1.54, 1.807) is 0 Å². The SMILES string of the molecule is Cl.O=C(Cn1c2ccccc2c(=O)c2ccccc21)NC1CC2CCC(C1)N2. The number of hydrogen-bond donors (Lipinski definition) is 2. The molecule has 2 atom stereocenters. The molecule has 5 rings (SSSR count). The highest BCUT2D eigenvalue weighted by Crippen LogP contribution is 2.27. The second-order valence-electron chi connectivity index (χ2n) is 7.82. The van der Waals surface area contributed by atoms with Gasteiger partial charge in [0, 0.05) is 28.9 Å². The Labute approximate surface area is 169 Å². The van der Waals surface area contributed by atoms with Crippen LogP contribution < -0.4 is 16.1 Å². The van der Waals surface area contributed by atoms with E-state index in [2.05, 4.69) is 10.6 Å². The van der Waals surface area contributed by atoms with Crippen LogP contribution in [0, 0.1) is 0 Å². The van der Waals surface area contributed by atoms with Crippen LogP contribution in [0.5, 0.6) is 0 Å². The third-order valence-corrected chi connectivity index (χ3v) is 6.02. The van der Waals surface area contributed by atoms with Crippen molar-refractivity contribution >= 4 is 40.1 Å². The Hall–Kier alpha value is -2.37. The Balaban J connectivity index is 0.00000192. The minimum atomic E-state index is 0. The molecule has 6 heteroatoms. The van der Waals surface area contributed by atoms with Gasteiger partial charge in [-0.3, -0.25) is 9.59 Å². The molecule has 2 aromatic carbocycles. The van der Waals surface area contributed by atoms with Crippen LogP contribution in [-0.2, 0) is 11.3 Å². The first-order valence-corrected chi connectivity index (χ1v) is 9.75. The number of para-hydroxylation sites is 2. The van der Waals surface area contributed by atoms with Gasteiger partial charge in [-0.25, -0.2) is 0 Å². The Morgan fingerprint density at radius 1 is 0.964 bits per heavy atom. The molecule has 0 spiro atoms. The van der Waals surface area contributed by atoms with Crippen molar-refractivity contribution in [2.75, 3.05) is 0 Å². The third kappa shape index (κ3) is 3.29. The fourth-order valence-electron chi connectivity index (χ4n) is 4.84. The number of carbonyl (C=O) groups excluding carboxylic acids is 1. The van der Waals surface area contributed by atoms with Gasteiger partial charge in [-0.1, -0.05) is 24.3 Å². The first-order chi connectivity index (χ1) is 13.2. The van der Waals surface area contributed by atoms with Gasteiger partial charge < -0.3 is 15.2 Å². The number of carbonyl (C=O) groups is 1. The molecule has 28 heavy (non-hydrogen) atoms. The number of benzene rings is 2. The van der Waals surface area contributed by atoms with E-state index in [9.17, 15) is 9.59 Å². The molecule has 1 aromatic heterocycles. The van der Waals surface area contributed by atoms with Crippen molar-refractivity contribution in [1.82, 2.24) is 15.2 Å². The lowest BCUT2D eigenvalue weighted by Crippen LogP contribution is -2.48. The van der Waals surface area contributed by atoms with Crippen LogP contribution in [0.15, 0.2) is 53.3 Å². The van der Waals surface area contributed by atoms with Crippen LogP contribution >= 0.6 is 12.4 Å². The average molecular weight is 398 g/mol. The van der Waals surface area contributed by atoms with E-state index in [0.29, 0.717) is 22.9 Å². The molecule has 2 N–H and O–H groups in total. The molecule has 2 bridgehead atoms. The first-order valence-electron chi connectivity index (χ1n) is 9.75. The van der Waals surface area contributed by atoms with Gasteiger partial charge in [0.05, 0.1) is 11.0 Å². The summed E-state index contributed by atoms with van der Waals surface area (Å²) in [4.78, 5) is 25.7. The van der Waals surface area contributed by atoms with Crippen molar-refractivity contribution in [3.05, 3.63) is 58.8 Å². The number of pyridine rings is 1. The molecule has 3 heterocycles. The van der Waals surface area contributed by atoms with Crippen LogP contribution in [0.2, 0.25) is 0 Å². The Bertz CT molecular complexity index is 1020. The molecule has 3 aromatic rings. The molecule has 2 saturated heterocycles. The predicted molar refractivity (Wildman–Crippen MR) is 114 cm³/mol. The molecule has 2 aliphatic heterocycles. The van der Waals surface area contributed by atoms with Gasteiger partial charge in [0.2, 0.25) is 5.91 Å². The Kier molecular flexibility index (Phi) is 5.13. The maximum absolute atomic E-state index is 12.9. The lowest BCUT2D eigenvalue weighted by molar-refractivity contribution is -0.122. The standard InChI is InChI=1S/C22H23N3O2.ClH/c26-21(24-16-11-14-9-10-15(12-16)23-14)13-25-19-7-3-1-5-17(19)22(27)18-6-2-4-8-20(18)25;/h1-8,14-16,23H,9-13H2,(H,24,26);1H. The number of fused-ring (bicyclic) bond motifs is 4. The number of piperidine rings is 1. The van der Waals surface area contributed by atoms with Gasteiger partial charge in [0.25, 0.3) is 0 Å². The van der Waals surface area contributed by atoms with Crippen LogP contribution in [0.25, 0.3) is 21.8 Å². The quantitative estimate of drug-likeness (QED) is 0.668. The number of hydrogen-bond acceptors (Lipinski definition) is 3. The fraction of sp³-hybridized carbons (Fsp3) is 0.364. The van der Waals surface area contributed by atoms with Crippen molar-refractivity contribution < 1.29 is 4.79 Å². The van der Waals surface area contributed by atoms with E-state index in [1.807, 2.05) is 53.1 Å². The fourth-order valence-corrected chi connectivity index (χ4v) is 4.84. The highest BCUT2D eigenvalue weighted by Gasteiger charge is 2.34. The summed E-state index contributed by atoms with van der Waals surface area (Å²) in [6, 6.07) is 16.4. The van der Waals surface area contributed by atoms with Crippen LogP contribution in [0.4, 0.5) is 0 Å². The third-order valence-electron chi connectivity index (χ3n) is 6.02. The summed E-state index contributed by atoms with van der Waals surface area (Å²) in [5, 5.41) is 8.15. The second-order valence-corrected chi connectivity index (χ2v) is 7.82. The summed E-state index contributed by atoms with van der Waals surface area (Å²) in [6.45, 7) is 0.223. The van der Waals surface area contributed by atoms with E-state index in [-0.39, 0.29) is 36.3 Å². The number of amides is 1. The van der Waals surface area contributed by atoms with E-state index < -0.39 is 0 Å². The number of halogens is 1. The van der Waals surface area contributed by atoms with Gasteiger partial charge in [0.15, 0.2) is 5.43 Å². The Morgan fingerprint density at radius 3 is 2.07 bits per heavy atom. The Morgan fingerprint density at radius 2 is 1.50 bits per heavy atom. The molecule has 0 saturated carbocycles. The summed E-state index contributed by atoms with van der Waals surface area (Å²) < 4.78 is 1.97. The van der Waals surface area contributed by atoms with Crippen molar-refractivity contribution in [3.8, 4) is 0 Å². The molecular formula is C22H24ClN3O2. The van der Waals surface area contributed by atoms with E-state index in [0.717, 1.165) is 23.9 Å². The minimum absolute atomic E-state index is 0. The maximum Gasteiger partial charge on any atom is 0.240 e. The van der Waals surface area contributed by atoms with E-state index in [1.165, 1.54) is 12.8 Å². The summed E-state index contributed by atoms with van der Waals surface area (Å²) in [5.74, 6) is 0.0141. The molecule has 5 nitrogen and oxygen atoms in total. The van der Waals surface area contributed by atoms with Gasteiger partial charge in [-0.2, -0.15) is 0 Å². The normalized spacial score (nSPS) is 23.5. The topological polar surface area (TPSA) is 63.1 Å². The average Bonchev–Trinajstić information content (AvgIpc) is 3.03. The molecule has 2 aliphatic rings. The van der Waals surface area contributed by atoms with E-state index in [4.69, 9.17) is 0 Å².